The maximum absolute atomic E-state index is 13.4. The summed E-state index contributed by atoms with van der Waals surface area (Å²) < 4.78 is 1.71. The number of rotatable bonds is 6. The van der Waals surface area contributed by atoms with Crippen LogP contribution in [0.25, 0.3) is 16.6 Å². The number of pyridine rings is 1. The smallest absolute Gasteiger partial charge is 0.254 e. The number of amides is 1. The number of hydrogen-bond acceptors (Lipinski definition) is 5. The van der Waals surface area contributed by atoms with E-state index in [1.54, 1.807) is 11.0 Å². The number of aromatic nitrogens is 4. The lowest BCUT2D eigenvalue weighted by Crippen LogP contribution is -2.33. The minimum Gasteiger partial charge on any atom is -0.383 e. The molecule has 4 aromatic rings. The Hall–Kier alpha value is -3.74. The highest BCUT2D eigenvalue weighted by molar-refractivity contribution is 5.98. The van der Waals surface area contributed by atoms with E-state index in [9.17, 15) is 4.79 Å². The van der Waals surface area contributed by atoms with E-state index < -0.39 is 0 Å². The summed E-state index contributed by atoms with van der Waals surface area (Å²) >= 11 is 0. The molecule has 0 radical (unpaired) electrons. The zero-order chi connectivity index (χ0) is 22.0. The lowest BCUT2D eigenvalue weighted by molar-refractivity contribution is 0.0723. The van der Waals surface area contributed by atoms with E-state index in [0.717, 1.165) is 27.7 Å². The van der Waals surface area contributed by atoms with Crippen LogP contribution < -0.4 is 5.73 Å². The topological polar surface area (TPSA) is 89.9 Å². The van der Waals surface area contributed by atoms with Gasteiger partial charge in [-0.3, -0.25) is 4.79 Å². The molecule has 7 heteroatoms. The lowest BCUT2D eigenvalue weighted by atomic mass is 10.1. The first-order valence-corrected chi connectivity index (χ1v) is 10.3. The minimum atomic E-state index is -0.00348. The second-order valence-electron chi connectivity index (χ2n) is 8.19. The fraction of sp³-hybridized carbons (Fsp3) is 0.250. The number of carbonyl (C=O) groups is 1. The van der Waals surface area contributed by atoms with E-state index in [0.29, 0.717) is 30.4 Å². The van der Waals surface area contributed by atoms with Gasteiger partial charge in [0, 0.05) is 24.0 Å². The third kappa shape index (κ3) is 4.55. The van der Waals surface area contributed by atoms with E-state index in [1.165, 1.54) is 6.33 Å². The highest BCUT2D eigenvalue weighted by Gasteiger charge is 2.18. The van der Waals surface area contributed by atoms with Crippen LogP contribution in [0.3, 0.4) is 0 Å². The predicted octanol–water partition coefficient (Wildman–Crippen LogP) is 4.00. The second-order valence-corrected chi connectivity index (χ2v) is 8.19. The molecular weight excluding hydrogens is 388 g/mol. The number of nitrogens with zero attached hydrogens (tertiary/aromatic N) is 5. The van der Waals surface area contributed by atoms with Gasteiger partial charge in [0.1, 0.15) is 18.5 Å². The van der Waals surface area contributed by atoms with Gasteiger partial charge in [-0.25, -0.2) is 14.6 Å². The first kappa shape index (κ1) is 20.5. The van der Waals surface area contributed by atoms with E-state index in [1.807, 2.05) is 60.4 Å². The van der Waals surface area contributed by atoms with Gasteiger partial charge in [0.05, 0.1) is 11.2 Å². The Kier molecular flexibility index (Phi) is 5.66. The van der Waals surface area contributed by atoms with Crippen LogP contribution in [0.15, 0.2) is 61.2 Å². The molecule has 7 nitrogen and oxygen atoms in total. The van der Waals surface area contributed by atoms with Gasteiger partial charge in [-0.15, -0.1) is 0 Å². The maximum atomic E-state index is 13.4. The molecule has 0 fully saturated rings. The van der Waals surface area contributed by atoms with Gasteiger partial charge in [-0.05, 0) is 60.4 Å². The quantitative estimate of drug-likeness (QED) is 0.515. The van der Waals surface area contributed by atoms with Crippen LogP contribution >= 0.6 is 0 Å². The van der Waals surface area contributed by atoms with Crippen LogP contribution in [0.2, 0.25) is 0 Å². The number of carbonyl (C=O) groups excluding carboxylic acids is 1. The van der Waals surface area contributed by atoms with Crippen molar-refractivity contribution in [1.29, 1.82) is 0 Å². The normalized spacial score (nSPS) is 11.2. The molecule has 0 unspecified atom stereocenters. The molecule has 0 atom stereocenters. The summed E-state index contributed by atoms with van der Waals surface area (Å²) in [6.07, 6.45) is 3.17. The van der Waals surface area contributed by atoms with Crippen LogP contribution in [0.5, 0.6) is 0 Å². The van der Waals surface area contributed by atoms with Crippen molar-refractivity contribution in [3.8, 4) is 5.69 Å². The van der Waals surface area contributed by atoms with Crippen LogP contribution in [-0.4, -0.2) is 37.1 Å². The lowest BCUT2D eigenvalue weighted by Gasteiger charge is -2.25. The Labute approximate surface area is 181 Å². The molecule has 2 aromatic heterocycles. The van der Waals surface area contributed by atoms with Crippen molar-refractivity contribution in [2.24, 2.45) is 5.92 Å². The predicted molar refractivity (Wildman–Crippen MR) is 122 cm³/mol. The Bertz CT molecular complexity index is 1220. The number of benzene rings is 2. The molecule has 0 saturated carbocycles. The summed E-state index contributed by atoms with van der Waals surface area (Å²) in [6, 6.07) is 15.6. The molecule has 31 heavy (non-hydrogen) atoms. The van der Waals surface area contributed by atoms with Gasteiger partial charge < -0.3 is 10.6 Å². The third-order valence-electron chi connectivity index (χ3n) is 5.13. The minimum absolute atomic E-state index is 0.00348. The number of fused-ring (bicyclic) bond motifs is 1. The van der Waals surface area contributed by atoms with Gasteiger partial charge in [-0.2, -0.15) is 5.10 Å². The molecule has 2 heterocycles. The summed E-state index contributed by atoms with van der Waals surface area (Å²) in [6.45, 7) is 7.31. The number of nitrogen functional groups attached to an aromatic ring is 1. The maximum Gasteiger partial charge on any atom is 0.254 e. The molecular formula is C24H26N6O. The second kappa shape index (κ2) is 8.55. The summed E-state index contributed by atoms with van der Waals surface area (Å²) in [5.74, 6) is 0.850. The molecule has 0 saturated heterocycles. The van der Waals surface area contributed by atoms with Crippen molar-refractivity contribution in [3.05, 3.63) is 77.9 Å². The first-order chi connectivity index (χ1) is 14.9. The molecule has 0 aliphatic carbocycles. The molecule has 0 aliphatic heterocycles. The molecule has 0 spiro atoms. The molecule has 4 rings (SSSR count). The monoisotopic (exact) mass is 414 g/mol. The standard InChI is InChI=1S/C24H26N6O/c1-16(2)12-29(13-18-5-4-6-21(10-18)30-15-26-14-27-30)24(31)19-7-8-22-20(11-19)9-17(3)23(25)28-22/h4-11,14-16H,12-13H2,1-3H3,(H2,25,28). The van der Waals surface area contributed by atoms with Gasteiger partial charge in [0.2, 0.25) is 0 Å². The van der Waals surface area contributed by atoms with Gasteiger partial charge in [0.25, 0.3) is 5.91 Å². The van der Waals surface area contributed by atoms with Crippen molar-refractivity contribution in [1.82, 2.24) is 24.6 Å². The number of nitrogens with two attached hydrogens (primary N) is 1. The molecule has 0 bridgehead atoms. The van der Waals surface area contributed by atoms with E-state index >= 15 is 0 Å². The Morgan fingerprint density at radius 1 is 1.16 bits per heavy atom. The highest BCUT2D eigenvalue weighted by Crippen LogP contribution is 2.21. The molecule has 2 N–H and O–H groups in total. The van der Waals surface area contributed by atoms with Crippen LogP contribution in [-0.2, 0) is 6.54 Å². The van der Waals surface area contributed by atoms with E-state index in [-0.39, 0.29) is 5.91 Å². The van der Waals surface area contributed by atoms with E-state index in [2.05, 4.69) is 28.9 Å². The zero-order valence-corrected chi connectivity index (χ0v) is 18.0. The average molecular weight is 415 g/mol. The molecule has 2 aromatic carbocycles. The third-order valence-corrected chi connectivity index (χ3v) is 5.13. The number of anilines is 1. The largest absolute Gasteiger partial charge is 0.383 e. The van der Waals surface area contributed by atoms with E-state index in [4.69, 9.17) is 5.73 Å². The molecule has 158 valence electrons. The van der Waals surface area contributed by atoms with Crippen molar-refractivity contribution in [2.45, 2.75) is 27.3 Å². The van der Waals surface area contributed by atoms with Crippen molar-refractivity contribution < 1.29 is 4.79 Å². The van der Waals surface area contributed by atoms with Crippen LogP contribution in [0.1, 0.15) is 35.3 Å². The summed E-state index contributed by atoms with van der Waals surface area (Å²) in [4.78, 5) is 23.8. The zero-order valence-electron chi connectivity index (χ0n) is 18.0. The van der Waals surface area contributed by atoms with Crippen LogP contribution in [0, 0.1) is 12.8 Å². The van der Waals surface area contributed by atoms with Crippen molar-refractivity contribution in [2.75, 3.05) is 12.3 Å². The fourth-order valence-electron chi connectivity index (χ4n) is 3.63. The van der Waals surface area contributed by atoms with Crippen LogP contribution in [0.4, 0.5) is 5.82 Å². The van der Waals surface area contributed by atoms with Gasteiger partial charge in [0.15, 0.2) is 0 Å². The number of hydrogen-bond donors (Lipinski definition) is 1. The Balaban J connectivity index is 1.63. The molecule has 1 amide bonds. The van der Waals surface area contributed by atoms with Gasteiger partial charge in [-0.1, -0.05) is 26.0 Å². The summed E-state index contributed by atoms with van der Waals surface area (Å²) in [7, 11) is 0. The van der Waals surface area contributed by atoms with Gasteiger partial charge >= 0.3 is 0 Å². The summed E-state index contributed by atoms with van der Waals surface area (Å²) in [5.41, 5.74) is 10.2. The number of aryl methyl sites for hydroxylation is 1. The SMILES string of the molecule is Cc1cc2cc(C(=O)N(Cc3cccc(-n4cncn4)c3)CC(C)C)ccc2nc1N. The highest BCUT2D eigenvalue weighted by atomic mass is 16.2. The van der Waals surface area contributed by atoms with Crippen molar-refractivity contribution in [3.63, 3.8) is 0 Å². The summed E-state index contributed by atoms with van der Waals surface area (Å²) in [5, 5.41) is 5.10. The molecule has 0 aliphatic rings. The average Bonchev–Trinajstić information content (AvgIpc) is 3.28. The fourth-order valence-corrected chi connectivity index (χ4v) is 3.63. The van der Waals surface area contributed by atoms with Crippen molar-refractivity contribution >= 4 is 22.6 Å². The first-order valence-electron chi connectivity index (χ1n) is 10.3. The Morgan fingerprint density at radius 2 is 2.00 bits per heavy atom. The Morgan fingerprint density at radius 3 is 2.74 bits per heavy atom.